The minimum absolute atomic E-state index is 0.0216. The average Bonchev–Trinajstić information content (AvgIpc) is 3.98. The number of hydrogen-bond acceptors (Lipinski definition) is 3. The van der Waals surface area contributed by atoms with Crippen molar-refractivity contribution in [3.63, 3.8) is 0 Å². The zero-order valence-corrected chi connectivity index (χ0v) is 45.4. The van der Waals surface area contributed by atoms with Crippen molar-refractivity contribution in [1.29, 1.82) is 0 Å². The van der Waals surface area contributed by atoms with E-state index in [1.807, 2.05) is 0 Å². The van der Waals surface area contributed by atoms with E-state index >= 15 is 0 Å². The van der Waals surface area contributed by atoms with Gasteiger partial charge >= 0.3 is 0 Å². The van der Waals surface area contributed by atoms with E-state index < -0.39 is 0 Å². The zero-order valence-electron chi connectivity index (χ0n) is 45.4. The fourth-order valence-electron chi connectivity index (χ4n) is 13.5. The lowest BCUT2D eigenvalue weighted by Crippen LogP contribution is -2.60. The molecule has 7 aromatic carbocycles. The minimum Gasteiger partial charge on any atom is -0.456 e. The number of aromatic nitrogens is 1. The highest BCUT2D eigenvalue weighted by Crippen LogP contribution is 2.56. The van der Waals surface area contributed by atoms with Crippen LogP contribution in [0, 0.1) is 19.3 Å². The highest BCUT2D eigenvalue weighted by Gasteiger charge is 2.48. The standard InChI is InChI=1S/C68H68BN3O/c1-39-32-56-62-57(33-39)72-63-48(61-64(72)46-20-15-17-22-49(46)68(61,13)14)36-44(67(10,11)12)37-51(63)69(62)50-29-28-45(38-55(50)71(56)54-23-19-25-59-60(54)47-21-16-18-24-58(47)73-59)70(52-30-26-42(34-40(52)2)65(4,5)6)53-31-27-43(35-41(53)3)66(7,8)9/h15-30,32-38,53H,31H2,1-14H3. The molecule has 2 aromatic heterocycles. The van der Waals surface area contributed by atoms with Crippen LogP contribution in [0.1, 0.15) is 123 Å². The summed E-state index contributed by atoms with van der Waals surface area (Å²) in [5, 5.41) is 3.63. The number of aryl methyl sites for hydroxylation is 2. The summed E-state index contributed by atoms with van der Waals surface area (Å²) in [5.41, 5.74) is 27.8. The molecule has 0 spiro atoms. The fraction of sp³-hybridized carbons (Fsp3) is 0.294. The molecule has 5 heteroatoms. The van der Waals surface area contributed by atoms with E-state index in [4.69, 9.17) is 4.42 Å². The van der Waals surface area contributed by atoms with Gasteiger partial charge in [0, 0.05) is 55.7 Å². The number of rotatable bonds is 4. The van der Waals surface area contributed by atoms with Gasteiger partial charge in [0.2, 0.25) is 0 Å². The molecule has 13 rings (SSSR count). The van der Waals surface area contributed by atoms with Crippen LogP contribution in [-0.2, 0) is 16.2 Å². The number of hydrogen-bond donors (Lipinski definition) is 0. The van der Waals surface area contributed by atoms with Crippen molar-refractivity contribution in [1.82, 2.24) is 4.57 Å². The van der Waals surface area contributed by atoms with Crippen LogP contribution >= 0.6 is 0 Å². The van der Waals surface area contributed by atoms with Crippen molar-refractivity contribution in [3.05, 3.63) is 184 Å². The number of allylic oxidation sites excluding steroid dienone is 2. The molecule has 2 aliphatic heterocycles. The molecule has 1 atom stereocenters. The molecular formula is C68H68BN3O. The van der Waals surface area contributed by atoms with E-state index in [1.165, 1.54) is 112 Å². The molecule has 0 N–H and O–H groups in total. The summed E-state index contributed by atoms with van der Waals surface area (Å²) < 4.78 is 9.41. The number of anilines is 5. The molecule has 9 aromatic rings. The largest absolute Gasteiger partial charge is 0.456 e. The minimum atomic E-state index is -0.186. The van der Waals surface area contributed by atoms with Crippen LogP contribution < -0.4 is 26.2 Å². The number of para-hydroxylation sites is 1. The third kappa shape index (κ3) is 6.59. The molecule has 73 heavy (non-hydrogen) atoms. The van der Waals surface area contributed by atoms with Crippen LogP contribution in [0.15, 0.2) is 155 Å². The second-order valence-electron chi connectivity index (χ2n) is 25.6. The normalized spacial score (nSPS) is 16.7. The number of furan rings is 1. The van der Waals surface area contributed by atoms with Crippen molar-refractivity contribution in [2.75, 3.05) is 9.80 Å². The predicted molar refractivity (Wildman–Crippen MR) is 313 cm³/mol. The maximum atomic E-state index is 6.72. The second kappa shape index (κ2) is 15.3. The first-order valence-electron chi connectivity index (χ1n) is 26.7. The number of fused-ring (bicyclic) bond motifs is 12. The third-order valence-electron chi connectivity index (χ3n) is 17.2. The van der Waals surface area contributed by atoms with E-state index in [9.17, 15) is 0 Å². The molecule has 0 saturated heterocycles. The lowest BCUT2D eigenvalue weighted by Gasteiger charge is -2.43. The summed E-state index contributed by atoms with van der Waals surface area (Å²) in [4.78, 5) is 5.29. The summed E-state index contributed by atoms with van der Waals surface area (Å²) in [5.74, 6) is 0. The molecule has 0 amide bonds. The predicted octanol–water partition coefficient (Wildman–Crippen LogP) is 16.5. The van der Waals surface area contributed by atoms with E-state index in [-0.39, 0.29) is 34.4 Å². The summed E-state index contributed by atoms with van der Waals surface area (Å²) in [7, 11) is 0. The van der Waals surface area contributed by atoms with Crippen molar-refractivity contribution >= 4 is 84.4 Å². The molecule has 364 valence electrons. The third-order valence-corrected chi connectivity index (χ3v) is 17.2. The molecule has 4 aliphatic rings. The lowest BCUT2D eigenvalue weighted by atomic mass is 9.33. The summed E-state index contributed by atoms with van der Waals surface area (Å²) in [6.07, 6.45) is 5.89. The molecule has 1 unspecified atom stereocenters. The first-order chi connectivity index (χ1) is 34.6. The quantitative estimate of drug-likeness (QED) is 0.164. The van der Waals surface area contributed by atoms with E-state index in [1.54, 1.807) is 0 Å². The summed E-state index contributed by atoms with van der Waals surface area (Å²) in [6.45, 7) is 33.0. The van der Waals surface area contributed by atoms with Gasteiger partial charge in [0.15, 0.2) is 0 Å². The summed E-state index contributed by atoms with van der Waals surface area (Å²) in [6, 6.07) is 49.3. The van der Waals surface area contributed by atoms with Gasteiger partial charge in [0.25, 0.3) is 6.71 Å². The van der Waals surface area contributed by atoms with Crippen molar-refractivity contribution in [2.45, 2.75) is 126 Å². The summed E-state index contributed by atoms with van der Waals surface area (Å²) >= 11 is 0. The SMILES string of the molecule is CC1=CC(C(C)(C)C)=CCC1N(c1ccc2c(c1)N(c1cccc3oc4ccccc4c13)c1cc(C)cc3c1B2c1cc(C(C)(C)C)cc2c4c(n-3c12)-c1ccccc1C4(C)C)c1ccc(C(C)(C)C)cc1C. The van der Waals surface area contributed by atoms with Crippen molar-refractivity contribution < 1.29 is 4.42 Å². The highest BCUT2D eigenvalue weighted by molar-refractivity contribution is 7.00. The Labute approximate surface area is 433 Å². The van der Waals surface area contributed by atoms with E-state index in [2.05, 4.69) is 251 Å². The topological polar surface area (TPSA) is 24.6 Å². The lowest BCUT2D eigenvalue weighted by molar-refractivity contribution is 0.507. The molecule has 0 bridgehead atoms. The Morgan fingerprint density at radius 3 is 2.10 bits per heavy atom. The molecular weight excluding hydrogens is 886 g/mol. The van der Waals surface area contributed by atoms with Crippen molar-refractivity contribution in [2.24, 2.45) is 5.41 Å². The average molecular weight is 954 g/mol. The van der Waals surface area contributed by atoms with Gasteiger partial charge in [-0.2, -0.15) is 0 Å². The molecule has 0 fully saturated rings. The molecule has 0 saturated carbocycles. The monoisotopic (exact) mass is 954 g/mol. The second-order valence-corrected chi connectivity index (χ2v) is 25.6. The Morgan fingerprint density at radius 1 is 0.630 bits per heavy atom. The maximum absolute atomic E-state index is 6.72. The first-order valence-corrected chi connectivity index (χ1v) is 26.7. The molecule has 0 radical (unpaired) electrons. The maximum Gasteiger partial charge on any atom is 0.252 e. The number of benzene rings is 7. The zero-order chi connectivity index (χ0) is 51.0. The van der Waals surface area contributed by atoms with Gasteiger partial charge in [-0.05, 0) is 153 Å². The van der Waals surface area contributed by atoms with Gasteiger partial charge in [-0.15, -0.1) is 0 Å². The molecule has 2 aliphatic carbocycles. The van der Waals surface area contributed by atoms with Gasteiger partial charge in [-0.3, -0.25) is 0 Å². The van der Waals surface area contributed by atoms with Gasteiger partial charge in [0.05, 0.1) is 22.8 Å². The molecule has 4 nitrogen and oxygen atoms in total. The van der Waals surface area contributed by atoms with Crippen LogP contribution in [-0.4, -0.2) is 17.3 Å². The Kier molecular flexibility index (Phi) is 9.61. The van der Waals surface area contributed by atoms with Crippen LogP contribution in [0.25, 0.3) is 49.8 Å². The molecule has 4 heterocycles. The van der Waals surface area contributed by atoms with Crippen LogP contribution in [0.5, 0.6) is 0 Å². The van der Waals surface area contributed by atoms with Gasteiger partial charge in [-0.25, -0.2) is 0 Å². The smallest absolute Gasteiger partial charge is 0.252 e. The Bertz CT molecular complexity index is 3920. The van der Waals surface area contributed by atoms with E-state index in [0.717, 1.165) is 34.0 Å². The van der Waals surface area contributed by atoms with Crippen molar-refractivity contribution in [3.8, 4) is 16.9 Å². The van der Waals surface area contributed by atoms with Gasteiger partial charge in [-0.1, -0.05) is 167 Å². The fourth-order valence-corrected chi connectivity index (χ4v) is 13.5. The Hall–Kier alpha value is -6.98. The van der Waals surface area contributed by atoms with Gasteiger partial charge in [0.1, 0.15) is 11.2 Å². The van der Waals surface area contributed by atoms with E-state index in [0.29, 0.717) is 0 Å². The van der Waals surface area contributed by atoms with Gasteiger partial charge < -0.3 is 18.8 Å². The first kappa shape index (κ1) is 45.9. The highest BCUT2D eigenvalue weighted by atomic mass is 16.3. The Balaban J connectivity index is 1.15. The van der Waals surface area contributed by atoms with Crippen LogP contribution in [0.2, 0.25) is 0 Å². The Morgan fingerprint density at radius 2 is 1.36 bits per heavy atom. The van der Waals surface area contributed by atoms with Crippen LogP contribution in [0.4, 0.5) is 28.4 Å². The number of nitrogens with zero attached hydrogens (tertiary/aromatic N) is 3. The van der Waals surface area contributed by atoms with Crippen LogP contribution in [0.3, 0.4) is 0 Å².